The summed E-state index contributed by atoms with van der Waals surface area (Å²) in [7, 11) is 0. The summed E-state index contributed by atoms with van der Waals surface area (Å²) in [4.78, 5) is 0. The van der Waals surface area contributed by atoms with E-state index >= 15 is 0 Å². The van der Waals surface area contributed by atoms with Crippen molar-refractivity contribution in [2.45, 2.75) is 26.5 Å². The van der Waals surface area contributed by atoms with Gasteiger partial charge >= 0.3 is 6.61 Å². The highest BCUT2D eigenvalue weighted by atomic mass is 19.3. The van der Waals surface area contributed by atoms with Gasteiger partial charge in [-0.2, -0.15) is 8.78 Å². The van der Waals surface area contributed by atoms with Crippen LogP contribution in [0, 0.1) is 13.8 Å². The van der Waals surface area contributed by atoms with Gasteiger partial charge in [0.1, 0.15) is 5.75 Å². The molecule has 0 aliphatic rings. The van der Waals surface area contributed by atoms with Crippen molar-refractivity contribution >= 4 is 0 Å². The molecule has 2 rings (SSSR count). The van der Waals surface area contributed by atoms with Crippen LogP contribution >= 0.6 is 0 Å². The van der Waals surface area contributed by atoms with Gasteiger partial charge in [0.05, 0.1) is 6.04 Å². The van der Waals surface area contributed by atoms with E-state index in [0.29, 0.717) is 0 Å². The second-order valence-corrected chi connectivity index (χ2v) is 4.77. The molecule has 1 atom stereocenters. The average molecular weight is 277 g/mol. The van der Waals surface area contributed by atoms with Crippen LogP contribution in [0.5, 0.6) is 5.75 Å². The van der Waals surface area contributed by atoms with Gasteiger partial charge in [-0.05, 0) is 48.2 Å². The highest BCUT2D eigenvalue weighted by molar-refractivity contribution is 5.39. The van der Waals surface area contributed by atoms with Crippen LogP contribution < -0.4 is 10.5 Å². The van der Waals surface area contributed by atoms with E-state index in [1.807, 2.05) is 32.0 Å². The molecule has 106 valence electrons. The van der Waals surface area contributed by atoms with E-state index in [4.69, 9.17) is 5.73 Å². The molecule has 0 bridgehead atoms. The van der Waals surface area contributed by atoms with Crippen molar-refractivity contribution in [1.29, 1.82) is 0 Å². The molecular formula is C16H17F2NO. The topological polar surface area (TPSA) is 35.2 Å². The van der Waals surface area contributed by atoms with E-state index in [2.05, 4.69) is 4.74 Å². The number of aryl methyl sites for hydroxylation is 2. The number of nitrogens with two attached hydrogens (primary N) is 1. The average Bonchev–Trinajstić information content (AvgIpc) is 2.40. The molecule has 1 unspecified atom stereocenters. The first-order chi connectivity index (χ1) is 9.47. The van der Waals surface area contributed by atoms with Gasteiger partial charge in [-0.3, -0.25) is 0 Å². The molecule has 20 heavy (non-hydrogen) atoms. The fourth-order valence-electron chi connectivity index (χ4n) is 2.03. The lowest BCUT2D eigenvalue weighted by atomic mass is 9.96. The summed E-state index contributed by atoms with van der Waals surface area (Å²) in [6.45, 7) is 1.21. The van der Waals surface area contributed by atoms with E-state index in [9.17, 15) is 8.78 Å². The first kappa shape index (κ1) is 14.5. The van der Waals surface area contributed by atoms with Crippen LogP contribution in [-0.4, -0.2) is 6.61 Å². The van der Waals surface area contributed by atoms with E-state index in [1.54, 1.807) is 18.2 Å². The van der Waals surface area contributed by atoms with Crippen LogP contribution in [0.2, 0.25) is 0 Å². The minimum Gasteiger partial charge on any atom is -0.435 e. The van der Waals surface area contributed by atoms with Gasteiger partial charge < -0.3 is 10.5 Å². The van der Waals surface area contributed by atoms with Crippen molar-refractivity contribution in [2.24, 2.45) is 5.73 Å². The van der Waals surface area contributed by atoms with Crippen molar-refractivity contribution < 1.29 is 13.5 Å². The first-order valence-electron chi connectivity index (χ1n) is 6.35. The van der Waals surface area contributed by atoms with Crippen LogP contribution in [0.4, 0.5) is 8.78 Å². The SMILES string of the molecule is Cc1ccc(C(N)c2cccc(OC(F)F)c2)cc1C. The number of halogens is 2. The Labute approximate surface area is 117 Å². The smallest absolute Gasteiger partial charge is 0.387 e. The maximum absolute atomic E-state index is 12.2. The number of alkyl halides is 2. The molecule has 2 aromatic rings. The molecule has 0 fully saturated rings. The van der Waals surface area contributed by atoms with E-state index in [0.717, 1.165) is 16.7 Å². The molecule has 0 heterocycles. The molecule has 0 aliphatic carbocycles. The summed E-state index contributed by atoms with van der Waals surface area (Å²) in [5, 5.41) is 0. The molecule has 2 N–H and O–H groups in total. The monoisotopic (exact) mass is 277 g/mol. The van der Waals surface area contributed by atoms with Crippen LogP contribution in [0.1, 0.15) is 28.3 Å². The zero-order valence-corrected chi connectivity index (χ0v) is 11.4. The Bertz CT molecular complexity index is 599. The molecule has 0 aromatic heterocycles. The minimum atomic E-state index is -2.83. The van der Waals surface area contributed by atoms with E-state index < -0.39 is 6.61 Å². The number of rotatable bonds is 4. The normalized spacial score (nSPS) is 12.5. The fraction of sp³-hybridized carbons (Fsp3) is 0.250. The van der Waals surface area contributed by atoms with Gasteiger partial charge in [-0.25, -0.2) is 0 Å². The Balaban J connectivity index is 2.28. The number of hydrogen-bond donors (Lipinski definition) is 1. The Morgan fingerprint density at radius 2 is 1.65 bits per heavy atom. The Kier molecular flexibility index (Phi) is 4.35. The Morgan fingerprint density at radius 1 is 0.950 bits per heavy atom. The Hall–Kier alpha value is -1.94. The predicted octanol–water partition coefficient (Wildman–Crippen LogP) is 3.95. The van der Waals surface area contributed by atoms with Gasteiger partial charge in [0.15, 0.2) is 0 Å². The molecule has 0 amide bonds. The summed E-state index contributed by atoms with van der Waals surface area (Å²) >= 11 is 0. The molecule has 0 spiro atoms. The molecule has 2 aromatic carbocycles. The van der Waals surface area contributed by atoms with E-state index in [1.165, 1.54) is 11.6 Å². The summed E-state index contributed by atoms with van der Waals surface area (Å²) in [5.41, 5.74) is 10.2. The fourth-order valence-corrected chi connectivity index (χ4v) is 2.03. The van der Waals surface area contributed by atoms with Gasteiger partial charge in [0.25, 0.3) is 0 Å². The van der Waals surface area contributed by atoms with Crippen LogP contribution in [0.3, 0.4) is 0 Å². The lowest BCUT2D eigenvalue weighted by Gasteiger charge is -2.15. The molecular weight excluding hydrogens is 260 g/mol. The number of benzene rings is 2. The number of hydrogen-bond acceptors (Lipinski definition) is 2. The summed E-state index contributed by atoms with van der Waals surface area (Å²) in [5.74, 6) is 0.122. The van der Waals surface area contributed by atoms with Gasteiger partial charge in [0, 0.05) is 0 Å². The standard InChI is InChI=1S/C16H17F2NO/c1-10-6-7-13(8-11(10)2)15(19)12-4-3-5-14(9-12)20-16(17)18/h3-9,15-16H,19H2,1-2H3. The molecule has 0 saturated heterocycles. The quantitative estimate of drug-likeness (QED) is 0.918. The van der Waals surface area contributed by atoms with Gasteiger partial charge in [-0.15, -0.1) is 0 Å². The third-order valence-corrected chi connectivity index (χ3v) is 3.33. The lowest BCUT2D eigenvalue weighted by molar-refractivity contribution is -0.0498. The number of ether oxygens (including phenoxy) is 1. The van der Waals surface area contributed by atoms with Crippen molar-refractivity contribution in [3.63, 3.8) is 0 Å². The maximum atomic E-state index is 12.2. The van der Waals surface area contributed by atoms with Crippen molar-refractivity contribution in [1.82, 2.24) is 0 Å². The van der Waals surface area contributed by atoms with Crippen molar-refractivity contribution in [3.8, 4) is 5.75 Å². The first-order valence-corrected chi connectivity index (χ1v) is 6.35. The zero-order chi connectivity index (χ0) is 14.7. The second kappa shape index (κ2) is 6.01. The van der Waals surface area contributed by atoms with Crippen molar-refractivity contribution in [2.75, 3.05) is 0 Å². The Morgan fingerprint density at radius 3 is 2.30 bits per heavy atom. The molecule has 0 radical (unpaired) electrons. The predicted molar refractivity (Wildman–Crippen MR) is 75.0 cm³/mol. The third-order valence-electron chi connectivity index (χ3n) is 3.33. The van der Waals surface area contributed by atoms with Gasteiger partial charge in [-0.1, -0.05) is 30.3 Å². The molecule has 0 aliphatic heterocycles. The lowest BCUT2D eigenvalue weighted by Crippen LogP contribution is -2.12. The molecule has 4 heteroatoms. The third kappa shape index (κ3) is 3.33. The largest absolute Gasteiger partial charge is 0.435 e. The minimum absolute atomic E-state index is 0.122. The zero-order valence-electron chi connectivity index (χ0n) is 11.4. The van der Waals surface area contributed by atoms with Crippen LogP contribution in [-0.2, 0) is 0 Å². The maximum Gasteiger partial charge on any atom is 0.387 e. The highest BCUT2D eigenvalue weighted by Gasteiger charge is 2.12. The summed E-state index contributed by atoms with van der Waals surface area (Å²) in [6.07, 6.45) is 0. The highest BCUT2D eigenvalue weighted by Crippen LogP contribution is 2.25. The van der Waals surface area contributed by atoms with Crippen LogP contribution in [0.25, 0.3) is 0 Å². The molecule has 2 nitrogen and oxygen atoms in total. The van der Waals surface area contributed by atoms with Gasteiger partial charge in [0.2, 0.25) is 0 Å². The summed E-state index contributed by atoms with van der Waals surface area (Å²) in [6, 6.07) is 12.1. The van der Waals surface area contributed by atoms with Crippen molar-refractivity contribution in [3.05, 3.63) is 64.7 Å². The van der Waals surface area contributed by atoms with Crippen LogP contribution in [0.15, 0.2) is 42.5 Å². The summed E-state index contributed by atoms with van der Waals surface area (Å²) < 4.78 is 28.8. The second-order valence-electron chi connectivity index (χ2n) is 4.77. The van der Waals surface area contributed by atoms with E-state index in [-0.39, 0.29) is 11.8 Å². The molecule has 0 saturated carbocycles.